The number of ether oxygens (including phenoxy) is 4. The van der Waals surface area contributed by atoms with Crippen LogP contribution in [0.2, 0.25) is 0 Å². The van der Waals surface area contributed by atoms with Crippen molar-refractivity contribution in [2.75, 3.05) is 40.6 Å². The maximum absolute atomic E-state index is 12.5. The standard InChI is InChI=1S/C15H24N2O4.C14H22BrN3O2.C4H7BrO.CH4/c1-14(2,3)21-13(18)17-11(19-5)10-16-12(17)15(4)6-8-20-9-7-15;1-10(15)12(19)18(3)9-11-8-16-13(17-11)14(2)4-6-20-7-5-14;1-3(5)4(2)6;/h10H,6-9H2,1-5H3;8,10H,4-7,9H2,1-3H3,(H,16,17);3H,1-2H3;1H4. The molecule has 2 fully saturated rings. The van der Waals surface area contributed by atoms with Crippen LogP contribution >= 0.6 is 31.9 Å². The van der Waals surface area contributed by atoms with Crippen LogP contribution in [0.5, 0.6) is 5.88 Å². The number of ketones is 1. The number of halogens is 2. The molecule has 0 aliphatic carbocycles. The van der Waals surface area contributed by atoms with Crippen molar-refractivity contribution >= 4 is 49.6 Å². The van der Waals surface area contributed by atoms with E-state index in [1.807, 2.05) is 40.8 Å². The number of alkyl halides is 2. The molecule has 0 radical (unpaired) electrons. The summed E-state index contributed by atoms with van der Waals surface area (Å²) in [5, 5.41) is 0. The zero-order chi connectivity index (χ0) is 35.6. The number of nitrogens with one attached hydrogen (secondary N) is 1. The van der Waals surface area contributed by atoms with Crippen LogP contribution < -0.4 is 4.74 Å². The van der Waals surface area contributed by atoms with Gasteiger partial charge in [0.05, 0.1) is 41.4 Å². The van der Waals surface area contributed by atoms with Crippen LogP contribution in [-0.4, -0.2) is 98.0 Å². The maximum Gasteiger partial charge on any atom is 0.422 e. The summed E-state index contributed by atoms with van der Waals surface area (Å²) in [5.74, 6) is 2.32. The van der Waals surface area contributed by atoms with Crippen LogP contribution in [0.1, 0.15) is 106 Å². The number of rotatable bonds is 7. The molecule has 4 heterocycles. The summed E-state index contributed by atoms with van der Waals surface area (Å²) >= 11 is 6.39. The minimum atomic E-state index is -0.569. The Hall–Kier alpha value is -2.29. The summed E-state index contributed by atoms with van der Waals surface area (Å²) in [5.41, 5.74) is 0.241. The van der Waals surface area contributed by atoms with Crippen molar-refractivity contribution in [2.45, 2.75) is 121 Å². The predicted molar refractivity (Wildman–Crippen MR) is 194 cm³/mol. The van der Waals surface area contributed by atoms with E-state index >= 15 is 0 Å². The fraction of sp³-hybridized carbons (Fsp3) is 0.735. The highest BCUT2D eigenvalue weighted by Crippen LogP contribution is 2.36. The smallest absolute Gasteiger partial charge is 0.422 e. The Morgan fingerprint density at radius 3 is 1.92 bits per heavy atom. The number of methoxy groups -OCH3 is 1. The number of Topliss-reactive ketones (excluding diaryl/α,β-unsaturated/α-hetero) is 1. The molecule has 1 amide bonds. The van der Waals surface area contributed by atoms with Gasteiger partial charge in [0.15, 0.2) is 0 Å². The van der Waals surface area contributed by atoms with E-state index in [4.69, 9.17) is 18.9 Å². The number of nitrogens with zero attached hydrogens (tertiary/aromatic N) is 4. The number of H-pyrrole nitrogens is 1. The average molecular weight is 808 g/mol. The minimum absolute atomic E-state index is 0. The fourth-order valence-electron chi connectivity index (χ4n) is 4.88. The van der Waals surface area contributed by atoms with Gasteiger partial charge in [0, 0.05) is 44.3 Å². The number of aromatic amines is 1. The van der Waals surface area contributed by atoms with Gasteiger partial charge in [0.2, 0.25) is 11.8 Å². The number of carbonyl (C=O) groups is 3. The Balaban J connectivity index is 0.000000404. The van der Waals surface area contributed by atoms with Crippen LogP contribution in [0.3, 0.4) is 0 Å². The molecule has 2 atom stereocenters. The topological polar surface area (TPSA) is 138 Å². The van der Waals surface area contributed by atoms with E-state index in [0.29, 0.717) is 31.5 Å². The van der Waals surface area contributed by atoms with Crippen LogP contribution in [-0.2, 0) is 41.2 Å². The SMILES string of the molecule is C.CC(=O)C(C)Br.CC(Br)C(=O)N(C)Cc1cnc(C2(C)CCOCC2)[nH]1.COc1cnc(C2(C)CCOCC2)n1C(=O)OC(C)(C)C. The lowest BCUT2D eigenvalue weighted by Gasteiger charge is -2.33. The lowest BCUT2D eigenvalue weighted by molar-refractivity contribution is -0.129. The molecule has 0 spiro atoms. The summed E-state index contributed by atoms with van der Waals surface area (Å²) in [6.45, 7) is 18.5. The molecule has 0 aromatic carbocycles. The van der Waals surface area contributed by atoms with Gasteiger partial charge in [-0.25, -0.2) is 19.3 Å². The summed E-state index contributed by atoms with van der Waals surface area (Å²) < 4.78 is 23.0. The number of amides is 1. The Labute approximate surface area is 303 Å². The van der Waals surface area contributed by atoms with E-state index in [2.05, 4.69) is 60.7 Å². The van der Waals surface area contributed by atoms with Crippen molar-refractivity contribution in [3.63, 3.8) is 0 Å². The first-order valence-corrected chi connectivity index (χ1v) is 17.8. The van der Waals surface area contributed by atoms with Crippen LogP contribution in [0.4, 0.5) is 4.79 Å². The quantitative estimate of drug-likeness (QED) is 0.295. The molecule has 2 aliphatic heterocycles. The molecule has 274 valence electrons. The van der Waals surface area contributed by atoms with Crippen molar-refractivity contribution in [3.8, 4) is 5.88 Å². The Bertz CT molecular complexity index is 1310. The third kappa shape index (κ3) is 12.9. The van der Waals surface area contributed by atoms with Gasteiger partial charge in [-0.1, -0.05) is 53.1 Å². The van der Waals surface area contributed by atoms with E-state index < -0.39 is 11.7 Å². The molecule has 14 heteroatoms. The molecule has 2 saturated heterocycles. The van der Waals surface area contributed by atoms with Crippen LogP contribution in [0.25, 0.3) is 0 Å². The van der Waals surface area contributed by atoms with Gasteiger partial charge >= 0.3 is 6.09 Å². The molecule has 2 unspecified atom stereocenters. The van der Waals surface area contributed by atoms with E-state index in [9.17, 15) is 14.4 Å². The zero-order valence-corrected chi connectivity index (χ0v) is 32.7. The molecule has 2 aromatic heterocycles. The normalized spacial score (nSPS) is 17.9. The number of imidazole rings is 2. The van der Waals surface area contributed by atoms with Crippen molar-refractivity contribution < 1.29 is 33.3 Å². The minimum Gasteiger partial charge on any atom is -0.481 e. The first-order chi connectivity index (χ1) is 21.8. The second-order valence-electron chi connectivity index (χ2n) is 13.6. The highest BCUT2D eigenvalue weighted by atomic mass is 79.9. The number of carbonyl (C=O) groups excluding carboxylic acids is 3. The lowest BCUT2D eigenvalue weighted by atomic mass is 9.81. The Morgan fingerprint density at radius 2 is 1.48 bits per heavy atom. The highest BCUT2D eigenvalue weighted by Gasteiger charge is 2.37. The molecule has 1 N–H and O–H groups in total. The third-order valence-corrected chi connectivity index (χ3v) is 9.17. The second-order valence-corrected chi connectivity index (χ2v) is 16.3. The largest absolute Gasteiger partial charge is 0.481 e. The molecule has 12 nitrogen and oxygen atoms in total. The zero-order valence-electron chi connectivity index (χ0n) is 29.6. The van der Waals surface area contributed by atoms with Gasteiger partial charge < -0.3 is 28.8 Å². The van der Waals surface area contributed by atoms with E-state index in [1.165, 1.54) is 11.7 Å². The lowest BCUT2D eigenvalue weighted by Crippen LogP contribution is -2.36. The maximum atomic E-state index is 12.5. The summed E-state index contributed by atoms with van der Waals surface area (Å²) in [7, 11) is 3.32. The molecule has 48 heavy (non-hydrogen) atoms. The van der Waals surface area contributed by atoms with Crippen LogP contribution in [0, 0.1) is 0 Å². The van der Waals surface area contributed by atoms with Crippen molar-refractivity contribution in [1.82, 2.24) is 24.4 Å². The third-order valence-electron chi connectivity index (χ3n) is 8.13. The molecular weight excluding hydrogens is 750 g/mol. The number of aromatic nitrogens is 4. The van der Waals surface area contributed by atoms with Crippen LogP contribution in [0.15, 0.2) is 12.4 Å². The highest BCUT2D eigenvalue weighted by molar-refractivity contribution is 9.10. The molecule has 2 aromatic rings. The van der Waals surface area contributed by atoms with E-state index in [0.717, 1.165) is 50.4 Å². The molecule has 0 saturated carbocycles. The Morgan fingerprint density at radius 1 is 0.979 bits per heavy atom. The molecular formula is C34H57Br2N5O7. The number of hydrogen-bond acceptors (Lipinski definition) is 9. The van der Waals surface area contributed by atoms with Gasteiger partial charge in [-0.15, -0.1) is 0 Å². The summed E-state index contributed by atoms with van der Waals surface area (Å²) in [4.78, 5) is 48.3. The van der Waals surface area contributed by atoms with E-state index in [-0.39, 0.29) is 39.6 Å². The Kier molecular flexibility index (Phi) is 17.5. The van der Waals surface area contributed by atoms with Gasteiger partial charge in [0.25, 0.3) is 0 Å². The second kappa shape index (κ2) is 19.2. The van der Waals surface area contributed by atoms with Gasteiger partial charge in [-0.05, 0) is 67.2 Å². The van der Waals surface area contributed by atoms with Gasteiger partial charge in [-0.2, -0.15) is 0 Å². The van der Waals surface area contributed by atoms with Crippen molar-refractivity contribution in [2.24, 2.45) is 0 Å². The number of hydrogen-bond donors (Lipinski definition) is 1. The molecule has 4 rings (SSSR count). The van der Waals surface area contributed by atoms with Gasteiger partial charge in [-0.3, -0.25) is 9.59 Å². The fourth-order valence-corrected chi connectivity index (χ4v) is 5.23. The monoisotopic (exact) mass is 805 g/mol. The van der Waals surface area contributed by atoms with Gasteiger partial charge in [0.1, 0.15) is 23.0 Å². The average Bonchev–Trinajstić information content (AvgIpc) is 3.65. The first-order valence-electron chi connectivity index (χ1n) is 15.9. The molecule has 2 aliphatic rings. The predicted octanol–water partition coefficient (Wildman–Crippen LogP) is 6.96. The first kappa shape index (κ1) is 43.7. The summed E-state index contributed by atoms with van der Waals surface area (Å²) in [6.07, 6.45) is 6.53. The summed E-state index contributed by atoms with van der Waals surface area (Å²) in [6, 6.07) is 0. The van der Waals surface area contributed by atoms with Crippen molar-refractivity contribution in [1.29, 1.82) is 0 Å². The van der Waals surface area contributed by atoms with Crippen molar-refractivity contribution in [3.05, 3.63) is 29.7 Å². The van der Waals surface area contributed by atoms with E-state index in [1.54, 1.807) is 25.1 Å². The molecule has 0 bridgehead atoms.